The average molecular weight is 345 g/mol. The van der Waals surface area contributed by atoms with Crippen LogP contribution >= 0.6 is 23.4 Å². The molecule has 7 heteroatoms. The maximum absolute atomic E-state index is 10.5. The molecule has 1 aliphatic heterocycles. The van der Waals surface area contributed by atoms with Crippen LogP contribution in [0.1, 0.15) is 11.1 Å². The van der Waals surface area contributed by atoms with Crippen LogP contribution in [0.25, 0.3) is 0 Å². The maximum Gasteiger partial charge on any atom is 0.210 e. The molecule has 0 N–H and O–H groups in total. The Morgan fingerprint density at radius 1 is 1.13 bits per heavy atom. The monoisotopic (exact) mass is 344 g/mol. The van der Waals surface area contributed by atoms with E-state index in [2.05, 4.69) is 15.5 Å². The smallest absolute Gasteiger partial charge is 0.210 e. The Balaban J connectivity index is 1.90. The second-order valence-electron chi connectivity index (χ2n) is 4.85. The van der Waals surface area contributed by atoms with Crippen molar-refractivity contribution in [1.82, 2.24) is 5.01 Å². The molecule has 0 amide bonds. The van der Waals surface area contributed by atoms with E-state index >= 15 is 0 Å². The minimum Gasteiger partial charge on any atom is -0.236 e. The van der Waals surface area contributed by atoms with Gasteiger partial charge in [-0.15, -0.1) is 4.91 Å². The lowest BCUT2D eigenvalue weighted by atomic mass is 10.1. The van der Waals surface area contributed by atoms with Crippen LogP contribution in [0.2, 0.25) is 5.02 Å². The molecule has 0 aromatic heterocycles. The van der Waals surface area contributed by atoms with Crippen LogP contribution in [-0.4, -0.2) is 21.6 Å². The molecule has 3 rings (SSSR count). The van der Waals surface area contributed by atoms with E-state index in [0.29, 0.717) is 22.5 Å². The van der Waals surface area contributed by atoms with E-state index in [1.165, 1.54) is 11.8 Å². The van der Waals surface area contributed by atoms with Gasteiger partial charge in [-0.2, -0.15) is 5.10 Å². The lowest BCUT2D eigenvalue weighted by Crippen LogP contribution is -2.30. The normalized spacial score (nSPS) is 16.3. The van der Waals surface area contributed by atoms with Crippen LogP contribution in [0, 0.1) is 4.91 Å². The Hall–Kier alpha value is -2.18. The first-order valence-electron chi connectivity index (χ1n) is 6.94. The molecule has 0 spiro atoms. The van der Waals surface area contributed by atoms with E-state index < -0.39 is 0 Å². The number of hydrazone groups is 1. The van der Waals surface area contributed by atoms with Gasteiger partial charge in [-0.3, -0.25) is 0 Å². The quantitative estimate of drug-likeness (QED) is 0.612. The van der Waals surface area contributed by atoms with Gasteiger partial charge in [-0.1, -0.05) is 70.9 Å². The van der Waals surface area contributed by atoms with E-state index in [1.54, 1.807) is 5.01 Å². The summed E-state index contributed by atoms with van der Waals surface area (Å²) in [4.78, 5) is 10.5. The van der Waals surface area contributed by atoms with Crippen molar-refractivity contribution >= 4 is 34.2 Å². The molecule has 5 nitrogen and oxygen atoms in total. The van der Waals surface area contributed by atoms with Gasteiger partial charge in [-0.25, -0.2) is 5.01 Å². The van der Waals surface area contributed by atoms with Crippen LogP contribution in [0.4, 0.5) is 0 Å². The Morgan fingerprint density at radius 2 is 1.87 bits per heavy atom. The van der Waals surface area contributed by atoms with Gasteiger partial charge in [0.1, 0.15) is 0 Å². The molecule has 0 saturated heterocycles. The lowest BCUT2D eigenvalue weighted by molar-refractivity contribution is 0.445. The Kier molecular flexibility index (Phi) is 5.05. The Labute approximate surface area is 143 Å². The molecular weight excluding hydrogens is 332 g/mol. The summed E-state index contributed by atoms with van der Waals surface area (Å²) in [6.07, 6.45) is 0. The van der Waals surface area contributed by atoms with Crippen molar-refractivity contribution in [3.8, 4) is 0 Å². The summed E-state index contributed by atoms with van der Waals surface area (Å²) in [5, 5.41) is 13.8. The molecule has 2 aromatic carbocycles. The maximum atomic E-state index is 10.5. The summed E-state index contributed by atoms with van der Waals surface area (Å²) in [5.41, 5.74) is 2.98. The summed E-state index contributed by atoms with van der Waals surface area (Å²) in [5.74, 6) is 0.626. The van der Waals surface area contributed by atoms with Gasteiger partial charge in [-0.05, 0) is 23.3 Å². The zero-order valence-electron chi connectivity index (χ0n) is 12.1. The second-order valence-corrected chi connectivity index (χ2v) is 6.23. The molecule has 0 fully saturated rings. The SMILES string of the molecule is O=N/N=C1\SCC(c2ccc(Cl)cc2)=NN1Cc1ccccc1. The van der Waals surface area contributed by atoms with Gasteiger partial charge >= 0.3 is 0 Å². The number of thioether (sulfide) groups is 1. The van der Waals surface area contributed by atoms with Crippen molar-refractivity contribution in [2.45, 2.75) is 6.54 Å². The summed E-state index contributed by atoms with van der Waals surface area (Å²) in [7, 11) is 0. The molecule has 116 valence electrons. The molecule has 0 unspecified atom stereocenters. The topological polar surface area (TPSA) is 57.4 Å². The lowest BCUT2D eigenvalue weighted by Gasteiger charge is -2.25. The summed E-state index contributed by atoms with van der Waals surface area (Å²) >= 11 is 7.37. The van der Waals surface area contributed by atoms with Crippen LogP contribution in [0.3, 0.4) is 0 Å². The van der Waals surface area contributed by atoms with Crippen LogP contribution in [0.5, 0.6) is 0 Å². The van der Waals surface area contributed by atoms with Crippen LogP contribution < -0.4 is 0 Å². The molecule has 1 heterocycles. The standard InChI is InChI=1S/C16H13ClN4OS/c17-14-8-6-13(7-9-14)15-11-23-16(18-20-22)21(19-15)10-12-4-2-1-3-5-12/h1-9H,10-11H2/b18-16-. The molecule has 0 radical (unpaired) electrons. The van der Waals surface area contributed by atoms with Crippen molar-refractivity contribution < 1.29 is 0 Å². The zero-order valence-corrected chi connectivity index (χ0v) is 13.7. The fourth-order valence-corrected chi connectivity index (χ4v) is 3.14. The highest BCUT2D eigenvalue weighted by atomic mass is 35.5. The van der Waals surface area contributed by atoms with Gasteiger partial charge in [0, 0.05) is 10.8 Å². The number of nitroso groups, excluding NO2 is 1. The first kappa shape index (κ1) is 15.7. The van der Waals surface area contributed by atoms with Crippen LogP contribution in [-0.2, 0) is 6.54 Å². The zero-order chi connectivity index (χ0) is 16.1. The summed E-state index contributed by atoms with van der Waals surface area (Å²) in [6.45, 7) is 0.527. The molecule has 23 heavy (non-hydrogen) atoms. The molecular formula is C16H13ClN4OS. The predicted octanol–water partition coefficient (Wildman–Crippen LogP) is 4.33. The van der Waals surface area contributed by atoms with E-state index in [1.807, 2.05) is 54.6 Å². The minimum absolute atomic E-state index is 0.501. The van der Waals surface area contributed by atoms with Crippen LogP contribution in [0.15, 0.2) is 70.1 Å². The average Bonchev–Trinajstić information content (AvgIpc) is 2.58. The highest BCUT2D eigenvalue weighted by Gasteiger charge is 2.21. The minimum atomic E-state index is 0.501. The van der Waals surface area contributed by atoms with Gasteiger partial charge in [0.25, 0.3) is 0 Å². The number of amidine groups is 1. The fraction of sp³-hybridized carbons (Fsp3) is 0.125. The molecule has 2 aromatic rings. The molecule has 0 saturated carbocycles. The highest BCUT2D eigenvalue weighted by Crippen LogP contribution is 2.23. The van der Waals surface area contributed by atoms with Crippen molar-refractivity contribution in [2.75, 3.05) is 5.75 Å². The number of halogens is 1. The number of hydrogen-bond donors (Lipinski definition) is 0. The molecule has 0 atom stereocenters. The van der Waals surface area contributed by atoms with E-state index in [9.17, 15) is 4.91 Å². The van der Waals surface area contributed by atoms with E-state index in [4.69, 9.17) is 11.6 Å². The summed E-state index contributed by atoms with van der Waals surface area (Å²) in [6, 6.07) is 17.4. The first-order valence-corrected chi connectivity index (χ1v) is 8.30. The molecule has 0 bridgehead atoms. The number of nitrogens with zero attached hydrogens (tertiary/aromatic N) is 4. The van der Waals surface area contributed by atoms with Crippen molar-refractivity contribution in [3.63, 3.8) is 0 Å². The van der Waals surface area contributed by atoms with Crippen molar-refractivity contribution in [3.05, 3.63) is 75.7 Å². The third kappa shape index (κ3) is 3.97. The van der Waals surface area contributed by atoms with Gasteiger partial charge in [0.05, 0.1) is 17.5 Å². The summed E-state index contributed by atoms with van der Waals surface area (Å²) < 4.78 is 0. The fourth-order valence-electron chi connectivity index (χ4n) is 2.18. The van der Waals surface area contributed by atoms with Gasteiger partial charge in [0.2, 0.25) is 5.17 Å². The Bertz CT molecular complexity index is 746. The van der Waals surface area contributed by atoms with E-state index in [0.717, 1.165) is 16.8 Å². The predicted molar refractivity (Wildman–Crippen MR) is 95.7 cm³/mol. The second kappa shape index (κ2) is 7.39. The largest absolute Gasteiger partial charge is 0.236 e. The molecule has 1 aliphatic rings. The van der Waals surface area contributed by atoms with E-state index in [-0.39, 0.29) is 0 Å². The Morgan fingerprint density at radius 3 is 2.57 bits per heavy atom. The van der Waals surface area contributed by atoms with Gasteiger partial charge in [0.15, 0.2) is 0 Å². The number of benzene rings is 2. The first-order chi connectivity index (χ1) is 11.3. The van der Waals surface area contributed by atoms with Crippen molar-refractivity contribution in [1.29, 1.82) is 0 Å². The third-order valence-electron chi connectivity index (χ3n) is 3.28. The van der Waals surface area contributed by atoms with Gasteiger partial charge < -0.3 is 0 Å². The third-order valence-corrected chi connectivity index (χ3v) is 4.50. The van der Waals surface area contributed by atoms with Crippen molar-refractivity contribution in [2.24, 2.45) is 15.5 Å². The number of rotatable bonds is 4. The number of hydrogen-bond acceptors (Lipinski definition) is 4. The molecule has 0 aliphatic carbocycles. The highest BCUT2D eigenvalue weighted by molar-refractivity contribution is 8.14.